The van der Waals surface area contributed by atoms with Crippen molar-refractivity contribution in [3.8, 4) is 0 Å². The first-order valence-corrected chi connectivity index (χ1v) is 7.70. The molecule has 0 spiro atoms. The van der Waals surface area contributed by atoms with E-state index >= 15 is 0 Å². The third kappa shape index (κ3) is 3.75. The molecule has 2 heteroatoms. The Kier molecular flexibility index (Phi) is 5.40. The van der Waals surface area contributed by atoms with Crippen molar-refractivity contribution in [3.05, 3.63) is 29.8 Å². The molecule has 0 bridgehead atoms. The zero-order chi connectivity index (χ0) is 11.9. The average molecular weight is 250 g/mol. The summed E-state index contributed by atoms with van der Waals surface area (Å²) in [4.78, 5) is 1.45. The highest BCUT2D eigenvalue weighted by molar-refractivity contribution is 7.99. The standard InChI is InChI=1S/C15H22OS/c1-2-3-4-7-10-16-11-13-12-17-15-9-6-5-8-14(13)15/h5-6,8-9,13H,2-4,7,10-12H2,1H3. The van der Waals surface area contributed by atoms with Crippen LogP contribution in [0.2, 0.25) is 0 Å². The predicted octanol–water partition coefficient (Wildman–Crippen LogP) is 4.47. The van der Waals surface area contributed by atoms with Gasteiger partial charge in [0.1, 0.15) is 0 Å². The highest BCUT2D eigenvalue weighted by Gasteiger charge is 2.22. The van der Waals surface area contributed by atoms with Gasteiger partial charge in [0.05, 0.1) is 6.61 Å². The second kappa shape index (κ2) is 7.07. The van der Waals surface area contributed by atoms with E-state index in [0.29, 0.717) is 5.92 Å². The first-order valence-electron chi connectivity index (χ1n) is 6.71. The van der Waals surface area contributed by atoms with Crippen molar-refractivity contribution >= 4 is 11.8 Å². The zero-order valence-electron chi connectivity index (χ0n) is 10.7. The van der Waals surface area contributed by atoms with E-state index in [4.69, 9.17) is 4.74 Å². The maximum absolute atomic E-state index is 5.81. The van der Waals surface area contributed by atoms with Crippen LogP contribution in [0, 0.1) is 0 Å². The fraction of sp³-hybridized carbons (Fsp3) is 0.600. The maximum Gasteiger partial charge on any atom is 0.0543 e. The van der Waals surface area contributed by atoms with Crippen LogP contribution in [0.5, 0.6) is 0 Å². The third-order valence-corrected chi connectivity index (χ3v) is 4.51. The van der Waals surface area contributed by atoms with Crippen molar-refractivity contribution in [2.75, 3.05) is 19.0 Å². The first kappa shape index (κ1) is 13.0. The van der Waals surface area contributed by atoms with Gasteiger partial charge in [-0.25, -0.2) is 0 Å². The molecule has 1 heterocycles. The Bertz CT molecular complexity index is 337. The van der Waals surface area contributed by atoms with Gasteiger partial charge in [0, 0.05) is 23.2 Å². The summed E-state index contributed by atoms with van der Waals surface area (Å²) in [6.07, 6.45) is 5.17. The van der Waals surface area contributed by atoms with Gasteiger partial charge in [-0.15, -0.1) is 11.8 Å². The Morgan fingerprint density at radius 1 is 1.24 bits per heavy atom. The second-order valence-electron chi connectivity index (χ2n) is 4.68. The third-order valence-electron chi connectivity index (χ3n) is 3.26. The lowest BCUT2D eigenvalue weighted by atomic mass is 10.0. The van der Waals surface area contributed by atoms with Crippen molar-refractivity contribution in [2.24, 2.45) is 0 Å². The Hall–Kier alpha value is -0.470. The number of unbranched alkanes of at least 4 members (excludes halogenated alkanes) is 3. The van der Waals surface area contributed by atoms with Crippen LogP contribution in [0.4, 0.5) is 0 Å². The first-order chi connectivity index (χ1) is 8.42. The lowest BCUT2D eigenvalue weighted by molar-refractivity contribution is 0.120. The quantitative estimate of drug-likeness (QED) is 0.660. The number of benzene rings is 1. The van der Waals surface area contributed by atoms with Gasteiger partial charge >= 0.3 is 0 Å². The molecule has 0 radical (unpaired) electrons. The van der Waals surface area contributed by atoms with Gasteiger partial charge in [0.2, 0.25) is 0 Å². The van der Waals surface area contributed by atoms with Gasteiger partial charge in [-0.1, -0.05) is 44.4 Å². The molecule has 1 atom stereocenters. The van der Waals surface area contributed by atoms with Crippen LogP contribution < -0.4 is 0 Å². The zero-order valence-corrected chi connectivity index (χ0v) is 11.5. The molecule has 17 heavy (non-hydrogen) atoms. The number of ether oxygens (including phenoxy) is 1. The Balaban J connectivity index is 1.68. The second-order valence-corrected chi connectivity index (χ2v) is 5.74. The molecule has 1 aromatic carbocycles. The number of fused-ring (bicyclic) bond motifs is 1. The fourth-order valence-corrected chi connectivity index (χ4v) is 3.46. The van der Waals surface area contributed by atoms with E-state index in [1.807, 2.05) is 11.8 Å². The molecule has 0 aromatic heterocycles. The molecular formula is C15H22OS. The Morgan fingerprint density at radius 2 is 2.12 bits per heavy atom. The molecule has 0 fully saturated rings. The average Bonchev–Trinajstić information content (AvgIpc) is 2.77. The monoisotopic (exact) mass is 250 g/mol. The smallest absolute Gasteiger partial charge is 0.0543 e. The molecule has 0 amide bonds. The van der Waals surface area contributed by atoms with E-state index in [2.05, 4.69) is 31.2 Å². The topological polar surface area (TPSA) is 9.23 Å². The molecule has 1 aliphatic rings. The molecule has 1 nitrogen and oxygen atoms in total. The van der Waals surface area contributed by atoms with Gasteiger partial charge < -0.3 is 4.74 Å². The van der Waals surface area contributed by atoms with Crippen LogP contribution >= 0.6 is 11.8 Å². The van der Waals surface area contributed by atoms with E-state index in [-0.39, 0.29) is 0 Å². The molecule has 0 N–H and O–H groups in total. The molecular weight excluding hydrogens is 228 g/mol. The van der Waals surface area contributed by atoms with Gasteiger partial charge in [0.15, 0.2) is 0 Å². The Labute approximate surface area is 109 Å². The molecule has 1 aromatic rings. The molecule has 1 unspecified atom stereocenters. The van der Waals surface area contributed by atoms with Crippen molar-refractivity contribution in [2.45, 2.75) is 43.4 Å². The van der Waals surface area contributed by atoms with Gasteiger partial charge in [0.25, 0.3) is 0 Å². The predicted molar refractivity (Wildman–Crippen MR) is 74.9 cm³/mol. The number of rotatable bonds is 7. The molecule has 94 valence electrons. The molecule has 0 saturated heterocycles. The molecule has 1 aliphatic heterocycles. The molecule has 2 rings (SSSR count). The number of hydrogen-bond acceptors (Lipinski definition) is 2. The van der Waals surface area contributed by atoms with Gasteiger partial charge in [-0.2, -0.15) is 0 Å². The Morgan fingerprint density at radius 3 is 3.00 bits per heavy atom. The van der Waals surface area contributed by atoms with Crippen molar-refractivity contribution in [1.82, 2.24) is 0 Å². The highest BCUT2D eigenvalue weighted by Crippen LogP contribution is 2.39. The van der Waals surface area contributed by atoms with Gasteiger partial charge in [-0.05, 0) is 18.1 Å². The summed E-state index contributed by atoms with van der Waals surface area (Å²) in [6, 6.07) is 8.74. The van der Waals surface area contributed by atoms with E-state index in [0.717, 1.165) is 13.2 Å². The number of hydrogen-bond donors (Lipinski definition) is 0. The molecule has 0 saturated carbocycles. The van der Waals surface area contributed by atoms with Crippen molar-refractivity contribution in [3.63, 3.8) is 0 Å². The number of thioether (sulfide) groups is 1. The van der Waals surface area contributed by atoms with E-state index in [1.54, 1.807) is 0 Å². The van der Waals surface area contributed by atoms with Crippen LogP contribution in [0.25, 0.3) is 0 Å². The van der Waals surface area contributed by atoms with E-state index < -0.39 is 0 Å². The van der Waals surface area contributed by atoms with Crippen LogP contribution in [0.15, 0.2) is 29.2 Å². The minimum absolute atomic E-state index is 0.613. The summed E-state index contributed by atoms with van der Waals surface area (Å²) in [5, 5.41) is 0. The fourth-order valence-electron chi connectivity index (χ4n) is 2.22. The largest absolute Gasteiger partial charge is 0.381 e. The maximum atomic E-state index is 5.81. The van der Waals surface area contributed by atoms with E-state index in [9.17, 15) is 0 Å². The normalized spacial score (nSPS) is 18.3. The summed E-state index contributed by atoms with van der Waals surface area (Å²) in [5.41, 5.74) is 1.49. The van der Waals surface area contributed by atoms with Crippen molar-refractivity contribution in [1.29, 1.82) is 0 Å². The van der Waals surface area contributed by atoms with Crippen LogP contribution in [-0.2, 0) is 4.74 Å². The lowest BCUT2D eigenvalue weighted by Gasteiger charge is -2.11. The van der Waals surface area contributed by atoms with Crippen molar-refractivity contribution < 1.29 is 4.74 Å². The SMILES string of the molecule is CCCCCCOCC1CSc2ccccc21. The summed E-state index contributed by atoms with van der Waals surface area (Å²) in [6.45, 7) is 4.08. The van der Waals surface area contributed by atoms with Gasteiger partial charge in [-0.3, -0.25) is 0 Å². The summed E-state index contributed by atoms with van der Waals surface area (Å²) >= 11 is 1.97. The molecule has 0 aliphatic carbocycles. The summed E-state index contributed by atoms with van der Waals surface area (Å²) in [7, 11) is 0. The minimum Gasteiger partial charge on any atom is -0.381 e. The highest BCUT2D eigenvalue weighted by atomic mass is 32.2. The lowest BCUT2D eigenvalue weighted by Crippen LogP contribution is -2.08. The minimum atomic E-state index is 0.613. The summed E-state index contributed by atoms with van der Waals surface area (Å²) < 4.78 is 5.81. The van der Waals surface area contributed by atoms with E-state index in [1.165, 1.54) is 41.9 Å². The summed E-state index contributed by atoms with van der Waals surface area (Å²) in [5.74, 6) is 1.80. The van der Waals surface area contributed by atoms with Crippen LogP contribution in [0.3, 0.4) is 0 Å². The van der Waals surface area contributed by atoms with Crippen LogP contribution in [0.1, 0.15) is 44.1 Å². The van der Waals surface area contributed by atoms with Crippen LogP contribution in [-0.4, -0.2) is 19.0 Å².